The van der Waals surface area contributed by atoms with Crippen molar-refractivity contribution in [1.82, 2.24) is 25.2 Å². The summed E-state index contributed by atoms with van der Waals surface area (Å²) in [6.07, 6.45) is 6.39. The van der Waals surface area contributed by atoms with E-state index in [4.69, 9.17) is 9.72 Å². The van der Waals surface area contributed by atoms with Gasteiger partial charge < -0.3 is 15.2 Å². The number of nitrogens with zero attached hydrogens (tertiary/aromatic N) is 4. The average molecular weight is 543 g/mol. The van der Waals surface area contributed by atoms with E-state index in [0.717, 1.165) is 62.7 Å². The predicted molar refractivity (Wildman–Crippen MR) is 144 cm³/mol. The number of aliphatic hydroxyl groups excluding tert-OH is 1. The molecule has 0 bridgehead atoms. The van der Waals surface area contributed by atoms with Crippen molar-refractivity contribution in [3.8, 4) is 0 Å². The molecule has 2 fully saturated rings. The van der Waals surface area contributed by atoms with Crippen LogP contribution in [-0.4, -0.2) is 82.3 Å². The van der Waals surface area contributed by atoms with Crippen molar-refractivity contribution in [2.24, 2.45) is 23.2 Å². The Hall–Kier alpha value is -2.47. The topological polar surface area (TPSA) is 130 Å². The van der Waals surface area contributed by atoms with Gasteiger partial charge >= 0.3 is 0 Å². The first kappa shape index (κ1) is 27.1. The van der Waals surface area contributed by atoms with E-state index in [1.54, 1.807) is 0 Å². The van der Waals surface area contributed by atoms with Gasteiger partial charge in [0, 0.05) is 55.3 Å². The van der Waals surface area contributed by atoms with Gasteiger partial charge in [-0.15, -0.1) is 11.3 Å². The lowest BCUT2D eigenvalue weighted by atomic mass is 9.53. The van der Waals surface area contributed by atoms with Crippen LogP contribution in [0.4, 0.5) is 5.13 Å². The molecule has 3 heterocycles. The smallest absolute Gasteiger partial charge is 0.277 e. The second kappa shape index (κ2) is 11.3. The standard InChI is InChI=1S/C27H38N6O4S/c1-16(24(35)30-8-9-33-10-12-37-13-11-33)18-4-5-27(3)14-20-22(17(2)21(27)23(18)34)31-26(38-20)32-25(36)19-15-28-6-7-29-19/h6-7,15-18,21,23,34H,4-5,8-14H2,1-3H3,(H,30,35)(H,31,32,36)/t16-,17-,18?,21+,23-,27-/m0/s1. The van der Waals surface area contributed by atoms with Crippen LogP contribution in [0.2, 0.25) is 0 Å². The van der Waals surface area contributed by atoms with Crippen molar-refractivity contribution in [3.63, 3.8) is 0 Å². The molecule has 1 unspecified atom stereocenters. The SMILES string of the molecule is C[C@H](C(=O)NCCN1CCOCC1)C1CC[C@@]2(C)Cc3sc(NC(=O)c4cnccn4)nc3[C@@H](C)[C@@H]2[C@H]1O. The summed E-state index contributed by atoms with van der Waals surface area (Å²) in [6.45, 7) is 11.0. The van der Waals surface area contributed by atoms with Crippen LogP contribution >= 0.6 is 11.3 Å². The zero-order chi connectivity index (χ0) is 26.9. The Balaban J connectivity index is 1.24. The highest BCUT2D eigenvalue weighted by Gasteiger charge is 2.53. The minimum atomic E-state index is -0.601. The zero-order valence-electron chi connectivity index (χ0n) is 22.4. The van der Waals surface area contributed by atoms with Gasteiger partial charge in [-0.2, -0.15) is 0 Å². The quantitative estimate of drug-likeness (QED) is 0.486. The summed E-state index contributed by atoms with van der Waals surface area (Å²) >= 11 is 1.50. The number of rotatable bonds is 7. The molecule has 206 valence electrons. The summed E-state index contributed by atoms with van der Waals surface area (Å²) in [5.74, 6) is -0.702. The molecule has 2 aromatic rings. The molecule has 38 heavy (non-hydrogen) atoms. The van der Waals surface area contributed by atoms with Crippen molar-refractivity contribution in [2.75, 3.05) is 44.7 Å². The maximum atomic E-state index is 13.0. The largest absolute Gasteiger partial charge is 0.392 e. The second-order valence-corrected chi connectivity index (χ2v) is 12.3. The molecule has 11 heteroatoms. The zero-order valence-corrected chi connectivity index (χ0v) is 23.2. The Bertz CT molecular complexity index is 1140. The Morgan fingerprint density at radius 2 is 2.11 bits per heavy atom. The molecule has 2 aromatic heterocycles. The van der Waals surface area contributed by atoms with Crippen molar-refractivity contribution in [3.05, 3.63) is 34.9 Å². The highest BCUT2D eigenvalue weighted by Crippen LogP contribution is 2.57. The minimum Gasteiger partial charge on any atom is -0.392 e. The van der Waals surface area contributed by atoms with E-state index in [2.05, 4.69) is 39.3 Å². The molecule has 3 aliphatic rings. The molecule has 2 amide bonds. The van der Waals surface area contributed by atoms with Crippen LogP contribution in [0.25, 0.3) is 0 Å². The third kappa shape index (κ3) is 5.47. The van der Waals surface area contributed by atoms with Crippen LogP contribution in [0, 0.1) is 23.2 Å². The number of aliphatic hydroxyl groups is 1. The number of morpholine rings is 1. The highest BCUT2D eigenvalue weighted by molar-refractivity contribution is 7.15. The van der Waals surface area contributed by atoms with Crippen LogP contribution in [-0.2, 0) is 16.0 Å². The van der Waals surface area contributed by atoms with Crippen LogP contribution in [0.15, 0.2) is 18.6 Å². The van der Waals surface area contributed by atoms with Gasteiger partial charge in [-0.1, -0.05) is 20.8 Å². The molecular formula is C27H38N6O4S. The monoisotopic (exact) mass is 542 g/mol. The normalized spacial score (nSPS) is 30.1. The Kier molecular flexibility index (Phi) is 8.08. The summed E-state index contributed by atoms with van der Waals surface area (Å²) in [5, 5.41) is 18.2. The van der Waals surface area contributed by atoms with Crippen LogP contribution in [0.1, 0.15) is 60.6 Å². The first-order valence-electron chi connectivity index (χ1n) is 13.6. The fourth-order valence-electron chi connectivity index (χ4n) is 6.69. The van der Waals surface area contributed by atoms with Gasteiger partial charge in [0.05, 0.1) is 31.2 Å². The summed E-state index contributed by atoms with van der Waals surface area (Å²) in [5.41, 5.74) is 1.09. The fraction of sp³-hybridized carbons (Fsp3) is 0.667. The van der Waals surface area contributed by atoms with Gasteiger partial charge in [-0.3, -0.25) is 24.8 Å². The van der Waals surface area contributed by atoms with E-state index in [-0.39, 0.29) is 46.6 Å². The molecule has 1 aliphatic heterocycles. The lowest BCUT2D eigenvalue weighted by Crippen LogP contribution is -2.53. The molecule has 2 aliphatic carbocycles. The Labute approximate surface area is 227 Å². The number of amides is 2. The van der Waals surface area contributed by atoms with Gasteiger partial charge in [0.15, 0.2) is 5.13 Å². The van der Waals surface area contributed by atoms with Gasteiger partial charge in [0.1, 0.15) is 5.69 Å². The number of hydrogen-bond acceptors (Lipinski definition) is 9. The summed E-state index contributed by atoms with van der Waals surface area (Å²) in [6, 6.07) is 0. The predicted octanol–water partition coefficient (Wildman–Crippen LogP) is 2.32. The number of fused-ring (bicyclic) bond motifs is 2. The van der Waals surface area contributed by atoms with E-state index in [1.807, 2.05) is 6.92 Å². The maximum absolute atomic E-state index is 13.0. The number of thiazole rings is 1. The van der Waals surface area contributed by atoms with E-state index in [1.165, 1.54) is 29.9 Å². The molecule has 1 saturated heterocycles. The van der Waals surface area contributed by atoms with Crippen molar-refractivity contribution >= 4 is 28.3 Å². The molecule has 0 aromatic carbocycles. The molecule has 5 rings (SSSR count). The minimum absolute atomic E-state index is 0.0107. The number of carbonyl (C=O) groups is 2. The first-order chi connectivity index (χ1) is 18.3. The van der Waals surface area contributed by atoms with Crippen LogP contribution < -0.4 is 10.6 Å². The van der Waals surface area contributed by atoms with Crippen molar-refractivity contribution in [1.29, 1.82) is 0 Å². The number of nitrogens with one attached hydrogen (secondary N) is 2. The Morgan fingerprint density at radius 3 is 2.84 bits per heavy atom. The molecule has 6 atom stereocenters. The van der Waals surface area contributed by atoms with Gasteiger partial charge in [-0.25, -0.2) is 9.97 Å². The Morgan fingerprint density at radius 1 is 1.32 bits per heavy atom. The molecule has 1 saturated carbocycles. The number of hydrogen-bond donors (Lipinski definition) is 3. The van der Waals surface area contributed by atoms with Gasteiger partial charge in [0.25, 0.3) is 5.91 Å². The average Bonchev–Trinajstić information content (AvgIpc) is 3.31. The van der Waals surface area contributed by atoms with Crippen LogP contribution in [0.5, 0.6) is 0 Å². The molecule has 3 N–H and O–H groups in total. The van der Waals surface area contributed by atoms with E-state index >= 15 is 0 Å². The molecule has 0 spiro atoms. The molecule has 10 nitrogen and oxygen atoms in total. The van der Waals surface area contributed by atoms with E-state index < -0.39 is 6.10 Å². The number of carbonyl (C=O) groups excluding carboxylic acids is 2. The molecule has 0 radical (unpaired) electrons. The van der Waals surface area contributed by atoms with E-state index in [0.29, 0.717) is 11.7 Å². The lowest BCUT2D eigenvalue weighted by molar-refractivity contribution is -0.134. The van der Waals surface area contributed by atoms with Crippen molar-refractivity contribution in [2.45, 2.75) is 52.1 Å². The second-order valence-electron chi connectivity index (χ2n) is 11.2. The third-order valence-corrected chi connectivity index (χ3v) is 9.81. The molecular weight excluding hydrogens is 504 g/mol. The van der Waals surface area contributed by atoms with Gasteiger partial charge in [0.2, 0.25) is 5.91 Å². The fourth-order valence-corrected chi connectivity index (χ4v) is 7.95. The lowest BCUT2D eigenvalue weighted by Gasteiger charge is -2.53. The third-order valence-electron chi connectivity index (χ3n) is 8.83. The van der Waals surface area contributed by atoms with Crippen LogP contribution in [0.3, 0.4) is 0 Å². The summed E-state index contributed by atoms with van der Waals surface area (Å²) in [4.78, 5) is 41.9. The highest BCUT2D eigenvalue weighted by atomic mass is 32.1. The maximum Gasteiger partial charge on any atom is 0.277 e. The number of anilines is 1. The number of ether oxygens (including phenoxy) is 1. The first-order valence-corrected chi connectivity index (χ1v) is 14.4. The van der Waals surface area contributed by atoms with Gasteiger partial charge in [-0.05, 0) is 36.5 Å². The summed E-state index contributed by atoms with van der Waals surface area (Å²) in [7, 11) is 0. The van der Waals surface area contributed by atoms with Crippen molar-refractivity contribution < 1.29 is 19.4 Å². The number of aromatic nitrogens is 3. The van der Waals surface area contributed by atoms with E-state index in [9.17, 15) is 14.7 Å². The summed E-state index contributed by atoms with van der Waals surface area (Å²) < 4.78 is 5.39.